The third-order valence-electron chi connectivity index (χ3n) is 2.59. The van der Waals surface area contributed by atoms with E-state index in [2.05, 4.69) is 30.2 Å². The number of thioether (sulfide) groups is 2. The summed E-state index contributed by atoms with van der Waals surface area (Å²) in [4.78, 5) is 16.2. The van der Waals surface area contributed by atoms with Gasteiger partial charge in [0.05, 0.1) is 11.4 Å². The molecule has 3 nitrogen and oxygen atoms in total. The molecule has 0 spiro atoms. The molecule has 1 N–H and O–H groups in total. The molecule has 1 amide bonds. The molecule has 0 atom stereocenters. The summed E-state index contributed by atoms with van der Waals surface area (Å²) in [5.41, 5.74) is 2.30. The van der Waals surface area contributed by atoms with Crippen LogP contribution in [0, 0.1) is 5.92 Å². The van der Waals surface area contributed by atoms with Gasteiger partial charge in [0.25, 0.3) is 0 Å². The Hall–Kier alpha value is -0.940. The molecule has 102 valence electrons. The van der Waals surface area contributed by atoms with E-state index < -0.39 is 0 Å². The quantitative estimate of drug-likeness (QED) is 0.925. The second-order valence-corrected chi connectivity index (χ2v) is 6.97. The molecule has 0 unspecified atom stereocenters. The van der Waals surface area contributed by atoms with Crippen LogP contribution in [0.4, 0.5) is 5.69 Å². The third-order valence-corrected chi connectivity index (χ3v) is 4.83. The first-order valence-electron chi connectivity index (χ1n) is 6.34. The summed E-state index contributed by atoms with van der Waals surface area (Å²) >= 11 is 3.23. The number of nitrogens with zero attached hydrogens (tertiary/aromatic N) is 1. The molecule has 1 aliphatic heterocycles. The summed E-state index contributed by atoms with van der Waals surface area (Å²) in [5, 5.41) is 2.92. The highest BCUT2D eigenvalue weighted by molar-refractivity contribution is 8.38. The minimum absolute atomic E-state index is 0.0841. The minimum atomic E-state index is 0.0841. The molecule has 1 heterocycles. The van der Waals surface area contributed by atoms with Crippen molar-refractivity contribution in [1.29, 1.82) is 0 Å². The molecule has 0 saturated carbocycles. The van der Waals surface area contributed by atoms with Gasteiger partial charge in [-0.15, -0.1) is 0 Å². The molecular weight excluding hydrogens is 276 g/mol. The van der Waals surface area contributed by atoms with Crippen LogP contribution in [0.5, 0.6) is 0 Å². The first-order valence-corrected chi connectivity index (χ1v) is 8.31. The van der Waals surface area contributed by atoms with Crippen molar-refractivity contribution in [3.63, 3.8) is 0 Å². The fourth-order valence-electron chi connectivity index (χ4n) is 1.58. The van der Waals surface area contributed by atoms with Gasteiger partial charge in [-0.2, -0.15) is 0 Å². The van der Waals surface area contributed by atoms with Crippen LogP contribution >= 0.6 is 23.5 Å². The first kappa shape index (κ1) is 14.5. The van der Waals surface area contributed by atoms with Gasteiger partial charge < -0.3 is 5.32 Å². The van der Waals surface area contributed by atoms with Crippen molar-refractivity contribution in [3.05, 3.63) is 29.8 Å². The van der Waals surface area contributed by atoms with Gasteiger partial charge in [-0.1, -0.05) is 55.6 Å². The largest absolute Gasteiger partial charge is 0.355 e. The Morgan fingerprint density at radius 3 is 3.05 bits per heavy atom. The first-order chi connectivity index (χ1) is 9.15. The molecule has 2 rings (SSSR count). The minimum Gasteiger partial charge on any atom is -0.355 e. The number of benzene rings is 1. The number of rotatable bonds is 4. The second-order valence-electron chi connectivity index (χ2n) is 4.78. The highest BCUT2D eigenvalue weighted by Gasteiger charge is 2.13. The van der Waals surface area contributed by atoms with Gasteiger partial charge in [0, 0.05) is 12.3 Å². The Balaban J connectivity index is 1.85. The van der Waals surface area contributed by atoms with E-state index >= 15 is 0 Å². The molecule has 0 fully saturated rings. The lowest BCUT2D eigenvalue weighted by atomic mass is 10.2. The van der Waals surface area contributed by atoms with Crippen LogP contribution in [0.25, 0.3) is 0 Å². The topological polar surface area (TPSA) is 41.5 Å². The van der Waals surface area contributed by atoms with Gasteiger partial charge in [0.1, 0.15) is 4.38 Å². The predicted octanol–water partition coefficient (Wildman–Crippen LogP) is 3.43. The second kappa shape index (κ2) is 7.01. The molecule has 19 heavy (non-hydrogen) atoms. The normalized spacial score (nSPS) is 13.9. The molecule has 0 bridgehead atoms. The summed E-state index contributed by atoms with van der Waals surface area (Å²) in [5.74, 6) is 1.96. The van der Waals surface area contributed by atoms with Gasteiger partial charge in [-0.25, -0.2) is 4.99 Å². The highest BCUT2D eigenvalue weighted by atomic mass is 32.2. The fourth-order valence-corrected chi connectivity index (χ4v) is 3.47. The molecular formula is C14H18N2OS2. The zero-order valence-electron chi connectivity index (χ0n) is 11.2. The lowest BCUT2D eigenvalue weighted by Crippen LogP contribution is -2.29. The maximum Gasteiger partial charge on any atom is 0.230 e. The van der Waals surface area contributed by atoms with Crippen LogP contribution < -0.4 is 5.32 Å². The van der Waals surface area contributed by atoms with Crippen molar-refractivity contribution >= 4 is 39.5 Å². The van der Waals surface area contributed by atoms with E-state index in [0.29, 0.717) is 11.7 Å². The van der Waals surface area contributed by atoms with Crippen LogP contribution in [0.1, 0.15) is 19.4 Å². The van der Waals surface area contributed by atoms with Gasteiger partial charge in [-0.05, 0) is 17.5 Å². The molecule has 5 heteroatoms. The van der Waals surface area contributed by atoms with E-state index in [9.17, 15) is 4.79 Å². The summed E-state index contributed by atoms with van der Waals surface area (Å²) in [7, 11) is 0. The number of carbonyl (C=O) groups is 1. The monoisotopic (exact) mass is 294 g/mol. The van der Waals surface area contributed by atoms with Gasteiger partial charge in [0.15, 0.2) is 0 Å². The molecule has 0 saturated heterocycles. The Kier molecular flexibility index (Phi) is 5.34. The number of fused-ring (bicyclic) bond motifs is 1. The predicted molar refractivity (Wildman–Crippen MR) is 85.1 cm³/mol. The van der Waals surface area contributed by atoms with Crippen LogP contribution in [0.15, 0.2) is 29.3 Å². The zero-order chi connectivity index (χ0) is 13.7. The molecule has 0 aliphatic carbocycles. The highest BCUT2D eigenvalue weighted by Crippen LogP contribution is 2.34. The van der Waals surface area contributed by atoms with E-state index in [1.165, 1.54) is 17.3 Å². The van der Waals surface area contributed by atoms with Crippen molar-refractivity contribution in [3.8, 4) is 0 Å². The SMILES string of the molecule is CC(C)CNC(=O)CSC1=Nc2ccccc2CS1. The number of aliphatic imine (C=N–C) groups is 1. The van der Waals surface area contributed by atoms with Crippen LogP contribution in [-0.2, 0) is 10.5 Å². The van der Waals surface area contributed by atoms with E-state index in [1.807, 2.05) is 18.2 Å². The Labute approximate surface area is 122 Å². The van der Waals surface area contributed by atoms with E-state index in [1.54, 1.807) is 11.8 Å². The summed E-state index contributed by atoms with van der Waals surface area (Å²) in [6.45, 7) is 4.92. The number of hydrogen-bond acceptors (Lipinski definition) is 4. The Morgan fingerprint density at radius 2 is 2.26 bits per heavy atom. The maximum absolute atomic E-state index is 11.6. The Morgan fingerprint density at radius 1 is 1.47 bits per heavy atom. The number of amides is 1. The van der Waals surface area contributed by atoms with Crippen molar-refractivity contribution in [1.82, 2.24) is 5.32 Å². The van der Waals surface area contributed by atoms with Gasteiger partial charge in [0.2, 0.25) is 5.91 Å². The summed E-state index contributed by atoms with van der Waals surface area (Å²) in [6, 6.07) is 8.15. The smallest absolute Gasteiger partial charge is 0.230 e. The lowest BCUT2D eigenvalue weighted by molar-refractivity contribution is -0.118. The molecule has 0 radical (unpaired) electrons. The maximum atomic E-state index is 11.6. The van der Waals surface area contributed by atoms with Gasteiger partial charge >= 0.3 is 0 Å². The number of carbonyl (C=O) groups excluding carboxylic acids is 1. The van der Waals surface area contributed by atoms with E-state index in [-0.39, 0.29) is 5.91 Å². The third kappa shape index (κ3) is 4.58. The van der Waals surface area contributed by atoms with Crippen LogP contribution in [-0.4, -0.2) is 22.6 Å². The van der Waals surface area contributed by atoms with E-state index in [4.69, 9.17) is 0 Å². The lowest BCUT2D eigenvalue weighted by Gasteiger charge is -2.14. The summed E-state index contributed by atoms with van der Waals surface area (Å²) in [6.07, 6.45) is 0. The van der Waals surface area contributed by atoms with Crippen molar-refractivity contribution in [2.75, 3.05) is 12.3 Å². The number of hydrogen-bond donors (Lipinski definition) is 1. The zero-order valence-corrected chi connectivity index (χ0v) is 12.8. The van der Waals surface area contributed by atoms with E-state index in [0.717, 1.165) is 22.4 Å². The van der Waals surface area contributed by atoms with Crippen molar-refractivity contribution in [2.45, 2.75) is 19.6 Å². The van der Waals surface area contributed by atoms with Crippen LogP contribution in [0.3, 0.4) is 0 Å². The molecule has 1 aromatic carbocycles. The average molecular weight is 294 g/mol. The Bertz CT molecular complexity index is 486. The molecule has 1 aromatic rings. The molecule has 0 aromatic heterocycles. The standard InChI is InChI=1S/C14H18N2OS2/c1-10(2)7-15-13(17)9-19-14-16-12-6-4-3-5-11(12)8-18-14/h3-6,10H,7-9H2,1-2H3,(H,15,17). The fraction of sp³-hybridized carbons (Fsp3) is 0.429. The number of nitrogens with one attached hydrogen (secondary N) is 1. The molecule has 1 aliphatic rings. The number of para-hydroxylation sites is 1. The van der Waals surface area contributed by atoms with Crippen molar-refractivity contribution < 1.29 is 4.79 Å². The van der Waals surface area contributed by atoms with Crippen LogP contribution in [0.2, 0.25) is 0 Å². The van der Waals surface area contributed by atoms with Gasteiger partial charge in [-0.3, -0.25) is 4.79 Å². The van der Waals surface area contributed by atoms with Crippen molar-refractivity contribution in [2.24, 2.45) is 10.9 Å². The average Bonchev–Trinajstić information content (AvgIpc) is 2.42. The summed E-state index contributed by atoms with van der Waals surface area (Å²) < 4.78 is 0.985.